The van der Waals surface area contributed by atoms with Crippen LogP contribution >= 0.6 is 0 Å². The van der Waals surface area contributed by atoms with E-state index in [0.29, 0.717) is 5.56 Å². The molecule has 2 aliphatic rings. The molecule has 0 bridgehead atoms. The Hall–Kier alpha value is -1.73. The Bertz CT molecular complexity index is 760. The summed E-state index contributed by atoms with van der Waals surface area (Å²) in [4.78, 5) is 0. The average Bonchev–Trinajstić information content (AvgIpc) is 2.82. The Balaban J connectivity index is 1.83. The first-order valence-electron chi connectivity index (χ1n) is 10.0. The van der Waals surface area contributed by atoms with Gasteiger partial charge in [-0.2, -0.15) is 5.26 Å². The van der Waals surface area contributed by atoms with Gasteiger partial charge in [-0.25, -0.2) is 0 Å². The summed E-state index contributed by atoms with van der Waals surface area (Å²) in [6, 6.07) is 10.3. The molecule has 178 valence electrons. The van der Waals surface area contributed by atoms with Crippen LogP contribution in [0.1, 0.15) is 11.7 Å². The van der Waals surface area contributed by atoms with Crippen molar-refractivity contribution in [2.45, 2.75) is 67.5 Å². The Morgan fingerprint density at radius 3 is 1.94 bits per heavy atom. The van der Waals surface area contributed by atoms with Crippen LogP contribution in [0, 0.1) is 11.3 Å². The Labute approximate surface area is 183 Å². The van der Waals surface area contributed by atoms with Gasteiger partial charge >= 0.3 is 0 Å². The third kappa shape index (κ3) is 5.09. The second kappa shape index (κ2) is 10.9. The van der Waals surface area contributed by atoms with Gasteiger partial charge < -0.3 is 54.7 Å². The zero-order chi connectivity index (χ0) is 23.4. The van der Waals surface area contributed by atoms with E-state index < -0.39 is 80.7 Å². The van der Waals surface area contributed by atoms with Gasteiger partial charge in [0, 0.05) is 0 Å². The van der Waals surface area contributed by atoms with E-state index >= 15 is 0 Å². The molecule has 2 saturated heterocycles. The molecule has 0 saturated carbocycles. The number of rotatable bonds is 7. The molecule has 2 heterocycles. The maximum Gasteiger partial charge on any atom is 0.189 e. The van der Waals surface area contributed by atoms with Crippen molar-refractivity contribution in [1.29, 1.82) is 5.26 Å². The molecule has 0 aliphatic carbocycles. The van der Waals surface area contributed by atoms with Crippen molar-refractivity contribution >= 4 is 0 Å². The van der Waals surface area contributed by atoms with E-state index in [1.54, 1.807) is 30.3 Å². The smallest absolute Gasteiger partial charge is 0.189 e. The largest absolute Gasteiger partial charge is 0.394 e. The lowest BCUT2D eigenvalue weighted by atomic mass is 9.97. The molecule has 12 heteroatoms. The fourth-order valence-electron chi connectivity index (χ4n) is 3.59. The number of ether oxygens (including phenoxy) is 4. The van der Waals surface area contributed by atoms with Gasteiger partial charge in [-0.1, -0.05) is 30.3 Å². The normalized spacial score (nSPS) is 41.1. The number of nitrogens with zero attached hydrogens (tertiary/aromatic N) is 1. The summed E-state index contributed by atoms with van der Waals surface area (Å²) in [6.07, 6.45) is -16.9. The van der Waals surface area contributed by atoms with E-state index in [9.17, 15) is 41.0 Å². The summed E-state index contributed by atoms with van der Waals surface area (Å²) < 4.78 is 22.0. The van der Waals surface area contributed by atoms with Crippen molar-refractivity contribution in [3.05, 3.63) is 35.9 Å². The summed E-state index contributed by atoms with van der Waals surface area (Å²) in [5.41, 5.74) is 0.464. The molecule has 2 aliphatic heterocycles. The minimum atomic E-state index is -1.78. The van der Waals surface area contributed by atoms with Crippen molar-refractivity contribution in [3.63, 3.8) is 0 Å². The molecule has 1 unspecified atom stereocenters. The van der Waals surface area contributed by atoms with Crippen LogP contribution in [0.3, 0.4) is 0 Å². The van der Waals surface area contributed by atoms with Crippen molar-refractivity contribution in [3.8, 4) is 6.07 Å². The maximum absolute atomic E-state index is 10.6. The average molecular weight is 457 g/mol. The van der Waals surface area contributed by atoms with Crippen molar-refractivity contribution < 1.29 is 54.7 Å². The number of aliphatic hydroxyl groups is 7. The van der Waals surface area contributed by atoms with E-state index in [0.717, 1.165) is 0 Å². The van der Waals surface area contributed by atoms with Gasteiger partial charge in [-0.05, 0) is 5.56 Å². The van der Waals surface area contributed by atoms with Gasteiger partial charge in [0.05, 0.1) is 19.3 Å². The van der Waals surface area contributed by atoms with Crippen LogP contribution < -0.4 is 0 Å². The molecular weight excluding hydrogens is 430 g/mol. The molecule has 1 aromatic rings. The first-order chi connectivity index (χ1) is 15.3. The summed E-state index contributed by atoms with van der Waals surface area (Å²) >= 11 is 0. The van der Waals surface area contributed by atoms with Crippen LogP contribution in [0.4, 0.5) is 0 Å². The molecule has 0 radical (unpaired) electrons. The number of benzene rings is 1. The number of nitriles is 1. The topological polar surface area (TPSA) is 202 Å². The highest BCUT2D eigenvalue weighted by Gasteiger charge is 2.51. The maximum atomic E-state index is 10.6. The quantitative estimate of drug-likeness (QED) is 0.218. The zero-order valence-corrected chi connectivity index (χ0v) is 16.9. The minimum absolute atomic E-state index is 0.464. The van der Waals surface area contributed by atoms with E-state index in [-0.39, 0.29) is 0 Å². The van der Waals surface area contributed by atoms with Gasteiger partial charge in [0.15, 0.2) is 18.7 Å². The molecule has 32 heavy (non-hydrogen) atoms. The van der Waals surface area contributed by atoms with E-state index in [2.05, 4.69) is 0 Å². The summed E-state index contributed by atoms with van der Waals surface area (Å²) in [6.45, 7) is -1.37. The zero-order valence-electron chi connectivity index (χ0n) is 16.9. The second-order valence-electron chi connectivity index (χ2n) is 7.56. The molecule has 7 N–H and O–H groups in total. The van der Waals surface area contributed by atoms with Gasteiger partial charge in [-0.3, -0.25) is 0 Å². The monoisotopic (exact) mass is 457 g/mol. The van der Waals surface area contributed by atoms with Crippen LogP contribution in [-0.4, -0.2) is 110 Å². The first-order valence-corrected chi connectivity index (χ1v) is 10.0. The second-order valence-corrected chi connectivity index (χ2v) is 7.56. The molecule has 0 aromatic heterocycles. The lowest BCUT2D eigenvalue weighted by Gasteiger charge is -2.46. The van der Waals surface area contributed by atoms with Crippen LogP contribution in [-0.2, 0) is 18.9 Å². The SMILES string of the molecule is N#CC(O[C@@H]1O[C@H](CO)[C@@H](O)[C@H](O)[C@H]1O[C@@H]1O[C@H](CO)[C@@H](O)[C@H](O)[C@H]1O)c1ccccc1. The van der Waals surface area contributed by atoms with Gasteiger partial charge in [0.25, 0.3) is 0 Å². The standard InChI is InChI=1S/C20H27NO11/c21-6-10(9-4-2-1-3-5-9)29-20-18(16(27)14(25)12(8-23)31-20)32-19-17(28)15(26)13(24)11(7-22)30-19/h1-5,10-20,22-28H,7-8H2/t10?,11-,12-,13-,14-,15+,16+,17-,18-,19+,20-/m1/s1. The molecule has 1 aromatic carbocycles. The lowest BCUT2D eigenvalue weighted by Crippen LogP contribution is -2.64. The summed E-state index contributed by atoms with van der Waals surface area (Å²) in [5, 5.41) is 79.3. The molecule has 0 spiro atoms. The highest BCUT2D eigenvalue weighted by atomic mass is 16.8. The van der Waals surface area contributed by atoms with E-state index in [4.69, 9.17) is 18.9 Å². The van der Waals surface area contributed by atoms with Crippen LogP contribution in [0.2, 0.25) is 0 Å². The predicted molar refractivity (Wildman–Crippen MR) is 102 cm³/mol. The van der Waals surface area contributed by atoms with Crippen LogP contribution in [0.15, 0.2) is 30.3 Å². The van der Waals surface area contributed by atoms with Crippen molar-refractivity contribution in [2.75, 3.05) is 13.2 Å². The van der Waals surface area contributed by atoms with E-state index in [1.807, 2.05) is 6.07 Å². The van der Waals surface area contributed by atoms with Crippen LogP contribution in [0.5, 0.6) is 0 Å². The number of hydrogen-bond donors (Lipinski definition) is 7. The lowest BCUT2D eigenvalue weighted by molar-refractivity contribution is -0.370. The molecule has 12 nitrogen and oxygen atoms in total. The third-order valence-corrected chi connectivity index (χ3v) is 5.45. The minimum Gasteiger partial charge on any atom is -0.394 e. The highest BCUT2D eigenvalue weighted by molar-refractivity contribution is 5.22. The fourth-order valence-corrected chi connectivity index (χ4v) is 3.59. The van der Waals surface area contributed by atoms with Crippen molar-refractivity contribution in [2.24, 2.45) is 0 Å². The predicted octanol–water partition coefficient (Wildman–Crippen LogP) is -3.11. The fraction of sp³-hybridized carbons (Fsp3) is 0.650. The van der Waals surface area contributed by atoms with Crippen LogP contribution in [0.25, 0.3) is 0 Å². The highest BCUT2D eigenvalue weighted by Crippen LogP contribution is 2.32. The Morgan fingerprint density at radius 1 is 0.812 bits per heavy atom. The molecule has 3 rings (SSSR count). The van der Waals surface area contributed by atoms with Gasteiger partial charge in [0.2, 0.25) is 0 Å². The third-order valence-electron chi connectivity index (χ3n) is 5.45. The Morgan fingerprint density at radius 2 is 1.38 bits per heavy atom. The number of hydrogen-bond acceptors (Lipinski definition) is 12. The molecule has 11 atom stereocenters. The Kier molecular flexibility index (Phi) is 8.50. The molecule has 2 fully saturated rings. The summed E-state index contributed by atoms with van der Waals surface area (Å²) in [7, 11) is 0. The molecular formula is C20H27NO11. The van der Waals surface area contributed by atoms with E-state index in [1.165, 1.54) is 0 Å². The number of aliphatic hydroxyl groups excluding tert-OH is 7. The van der Waals surface area contributed by atoms with Gasteiger partial charge in [0.1, 0.15) is 48.8 Å². The van der Waals surface area contributed by atoms with Crippen molar-refractivity contribution in [1.82, 2.24) is 0 Å². The molecule has 0 amide bonds. The van der Waals surface area contributed by atoms with Gasteiger partial charge in [-0.15, -0.1) is 0 Å². The first kappa shape index (κ1) is 24.9. The summed E-state index contributed by atoms with van der Waals surface area (Å²) in [5.74, 6) is 0.